The molecule has 2 heterocycles. The lowest BCUT2D eigenvalue weighted by atomic mass is 9.94. The van der Waals surface area contributed by atoms with Crippen LogP contribution in [0.1, 0.15) is 49.1 Å². The normalized spacial score (nSPS) is 19.8. The molecular formula is C18H19FN2O3. The molecule has 3 rings (SSSR count). The summed E-state index contributed by atoms with van der Waals surface area (Å²) < 4.78 is 25.6. The molecule has 126 valence electrons. The number of nitriles is 1. The molecule has 0 aliphatic carbocycles. The molecule has 1 aromatic heterocycles. The van der Waals surface area contributed by atoms with Crippen molar-refractivity contribution in [3.05, 3.63) is 34.3 Å². The van der Waals surface area contributed by atoms with E-state index in [1.807, 2.05) is 13.0 Å². The van der Waals surface area contributed by atoms with Gasteiger partial charge in [-0.25, -0.2) is 4.39 Å². The van der Waals surface area contributed by atoms with E-state index >= 15 is 0 Å². The van der Waals surface area contributed by atoms with Crippen molar-refractivity contribution in [2.75, 3.05) is 6.61 Å². The van der Waals surface area contributed by atoms with Crippen molar-refractivity contribution in [1.29, 1.82) is 5.26 Å². The number of aromatic nitrogens is 1. The van der Waals surface area contributed by atoms with Crippen molar-refractivity contribution in [3.63, 3.8) is 0 Å². The molecule has 1 aliphatic heterocycles. The van der Waals surface area contributed by atoms with Crippen LogP contribution in [0, 0.1) is 24.1 Å². The Morgan fingerprint density at radius 2 is 2.33 bits per heavy atom. The van der Waals surface area contributed by atoms with E-state index in [4.69, 9.17) is 9.47 Å². The number of esters is 1. The lowest BCUT2D eigenvalue weighted by molar-refractivity contribution is -0.247. The molecule has 1 N–H and O–H groups in total. The lowest BCUT2D eigenvalue weighted by Crippen LogP contribution is -2.39. The van der Waals surface area contributed by atoms with Gasteiger partial charge in [-0.1, -0.05) is 6.92 Å². The molecule has 0 fully saturated rings. The summed E-state index contributed by atoms with van der Waals surface area (Å²) in [5, 5.41) is 9.96. The van der Waals surface area contributed by atoms with E-state index in [2.05, 4.69) is 4.98 Å². The zero-order valence-electron chi connectivity index (χ0n) is 14.0. The van der Waals surface area contributed by atoms with Gasteiger partial charge in [-0.2, -0.15) is 5.26 Å². The largest absolute Gasteiger partial charge is 0.427 e. The zero-order valence-corrected chi connectivity index (χ0v) is 14.0. The van der Waals surface area contributed by atoms with Crippen LogP contribution in [-0.4, -0.2) is 17.6 Å². The average Bonchev–Trinajstić information content (AvgIpc) is 2.89. The number of carbonyl (C=O) groups excluding carboxylic acids is 1. The van der Waals surface area contributed by atoms with Gasteiger partial charge in [0, 0.05) is 18.7 Å². The molecule has 1 aliphatic rings. The first-order chi connectivity index (χ1) is 11.4. The van der Waals surface area contributed by atoms with Crippen molar-refractivity contribution in [2.45, 2.75) is 45.8 Å². The number of nitrogens with one attached hydrogen (secondary N) is 1. The van der Waals surface area contributed by atoms with Crippen LogP contribution in [0.5, 0.6) is 0 Å². The fourth-order valence-electron chi connectivity index (χ4n) is 3.53. The van der Waals surface area contributed by atoms with E-state index in [0.29, 0.717) is 41.6 Å². The third-order valence-corrected chi connectivity index (χ3v) is 4.40. The maximum Gasteiger partial charge on any atom is 0.305 e. The monoisotopic (exact) mass is 330 g/mol. The van der Waals surface area contributed by atoms with E-state index in [9.17, 15) is 14.4 Å². The van der Waals surface area contributed by atoms with Crippen LogP contribution >= 0.6 is 0 Å². The molecule has 0 bridgehead atoms. The highest BCUT2D eigenvalue weighted by Crippen LogP contribution is 2.42. The third kappa shape index (κ3) is 2.36. The van der Waals surface area contributed by atoms with Crippen molar-refractivity contribution in [2.24, 2.45) is 0 Å². The van der Waals surface area contributed by atoms with Gasteiger partial charge in [-0.05, 0) is 37.0 Å². The molecule has 6 heteroatoms. The first-order valence-electron chi connectivity index (χ1n) is 8.01. The highest BCUT2D eigenvalue weighted by atomic mass is 19.1. The standard InChI is InChI=1S/C18H19FN2O3/c1-4-6-18(24-11(3)22)17-12(5-7-23-18)15-13(9-20)14(19)8-10(2)16(15)21-17/h8,21H,4-7H2,1-3H3/t18-/m0/s1. The Balaban J connectivity index is 2.34. The minimum Gasteiger partial charge on any atom is -0.427 e. The smallest absolute Gasteiger partial charge is 0.305 e. The fourth-order valence-corrected chi connectivity index (χ4v) is 3.53. The van der Waals surface area contributed by atoms with Gasteiger partial charge in [0.2, 0.25) is 0 Å². The first-order valence-corrected chi connectivity index (χ1v) is 8.01. The number of nitrogens with zero attached hydrogens (tertiary/aromatic N) is 1. The molecular weight excluding hydrogens is 311 g/mol. The van der Waals surface area contributed by atoms with Crippen molar-refractivity contribution >= 4 is 16.9 Å². The van der Waals surface area contributed by atoms with Gasteiger partial charge >= 0.3 is 5.97 Å². The van der Waals surface area contributed by atoms with Crippen LogP contribution in [-0.2, 0) is 26.5 Å². The zero-order chi connectivity index (χ0) is 17.5. The van der Waals surface area contributed by atoms with Gasteiger partial charge < -0.3 is 14.5 Å². The summed E-state index contributed by atoms with van der Waals surface area (Å²) >= 11 is 0. The van der Waals surface area contributed by atoms with Crippen LogP contribution in [0.4, 0.5) is 4.39 Å². The molecule has 0 saturated heterocycles. The highest BCUT2D eigenvalue weighted by molar-refractivity contribution is 5.93. The van der Waals surface area contributed by atoms with Crippen LogP contribution in [0.15, 0.2) is 6.07 Å². The van der Waals surface area contributed by atoms with E-state index in [0.717, 1.165) is 12.0 Å². The number of aromatic amines is 1. The molecule has 0 unspecified atom stereocenters. The quantitative estimate of drug-likeness (QED) is 0.873. The molecule has 0 spiro atoms. The number of H-pyrrole nitrogens is 1. The van der Waals surface area contributed by atoms with Gasteiger partial charge in [-0.3, -0.25) is 4.79 Å². The highest BCUT2D eigenvalue weighted by Gasteiger charge is 2.43. The van der Waals surface area contributed by atoms with E-state index < -0.39 is 17.6 Å². The van der Waals surface area contributed by atoms with Gasteiger partial charge in [0.1, 0.15) is 11.9 Å². The van der Waals surface area contributed by atoms with E-state index in [-0.39, 0.29) is 5.56 Å². The molecule has 1 atom stereocenters. The van der Waals surface area contributed by atoms with Gasteiger partial charge in [-0.15, -0.1) is 0 Å². The molecule has 0 amide bonds. The van der Waals surface area contributed by atoms with Crippen LogP contribution < -0.4 is 0 Å². The van der Waals surface area contributed by atoms with Gasteiger partial charge in [0.15, 0.2) is 0 Å². The number of rotatable bonds is 3. The molecule has 1 aromatic carbocycles. The van der Waals surface area contributed by atoms with Crippen molar-refractivity contribution in [1.82, 2.24) is 4.98 Å². The lowest BCUT2D eigenvalue weighted by Gasteiger charge is -2.36. The van der Waals surface area contributed by atoms with Crippen LogP contribution in [0.3, 0.4) is 0 Å². The SMILES string of the molecule is CCC[C@@]1(OC(C)=O)OCCc2c1[nH]c1c(C)cc(F)c(C#N)c21. The average molecular weight is 330 g/mol. The third-order valence-electron chi connectivity index (χ3n) is 4.40. The van der Waals surface area contributed by atoms with E-state index in [1.54, 1.807) is 6.92 Å². The second-order valence-corrected chi connectivity index (χ2v) is 6.09. The number of hydrogen-bond acceptors (Lipinski definition) is 4. The topological polar surface area (TPSA) is 75.1 Å². The Kier molecular flexibility index (Phi) is 4.06. The number of aryl methyl sites for hydroxylation is 1. The summed E-state index contributed by atoms with van der Waals surface area (Å²) in [7, 11) is 0. The summed E-state index contributed by atoms with van der Waals surface area (Å²) in [6, 6.07) is 3.30. The molecule has 0 saturated carbocycles. The molecule has 5 nitrogen and oxygen atoms in total. The Labute approximate surface area is 139 Å². The van der Waals surface area contributed by atoms with Crippen molar-refractivity contribution < 1.29 is 18.7 Å². The Hall–Kier alpha value is -2.39. The fraction of sp³-hybridized carbons (Fsp3) is 0.444. The maximum atomic E-state index is 14.2. The van der Waals surface area contributed by atoms with Crippen LogP contribution in [0.25, 0.3) is 10.9 Å². The summed E-state index contributed by atoms with van der Waals surface area (Å²) in [5.41, 5.74) is 2.82. The van der Waals surface area contributed by atoms with Crippen LogP contribution in [0.2, 0.25) is 0 Å². The predicted octanol–water partition coefficient (Wildman–Crippen LogP) is 3.58. The first kappa shape index (κ1) is 16.5. The second-order valence-electron chi connectivity index (χ2n) is 6.09. The number of fused-ring (bicyclic) bond motifs is 3. The minimum atomic E-state index is -1.21. The summed E-state index contributed by atoms with van der Waals surface area (Å²) in [4.78, 5) is 14.9. The number of carbonyl (C=O) groups is 1. The molecule has 2 aromatic rings. The Bertz CT molecular complexity index is 865. The molecule has 0 radical (unpaired) electrons. The number of ether oxygens (including phenoxy) is 2. The van der Waals surface area contributed by atoms with Crippen molar-refractivity contribution in [3.8, 4) is 6.07 Å². The summed E-state index contributed by atoms with van der Waals surface area (Å²) in [6.07, 6.45) is 1.75. The molecule has 24 heavy (non-hydrogen) atoms. The number of hydrogen-bond donors (Lipinski definition) is 1. The maximum absolute atomic E-state index is 14.2. The van der Waals surface area contributed by atoms with Gasteiger partial charge in [0.05, 0.1) is 23.4 Å². The van der Waals surface area contributed by atoms with E-state index in [1.165, 1.54) is 13.0 Å². The van der Waals surface area contributed by atoms with Gasteiger partial charge in [0.25, 0.3) is 5.79 Å². The Morgan fingerprint density at radius 3 is 2.96 bits per heavy atom. The summed E-state index contributed by atoms with van der Waals surface area (Å²) in [5.74, 6) is -2.19. The number of halogens is 1. The minimum absolute atomic E-state index is 0.0169. The number of benzene rings is 1. The summed E-state index contributed by atoms with van der Waals surface area (Å²) in [6.45, 7) is 5.43. The Morgan fingerprint density at radius 1 is 1.58 bits per heavy atom. The second kappa shape index (κ2) is 5.91. The predicted molar refractivity (Wildman–Crippen MR) is 85.7 cm³/mol.